The molecule has 0 aliphatic rings. The lowest BCUT2D eigenvalue weighted by atomic mass is 10.2. The Hall–Kier alpha value is -0.613. The molecule has 0 aromatic carbocycles. The third-order valence-electron chi connectivity index (χ3n) is 2.82. The van der Waals surface area contributed by atoms with Gasteiger partial charge in [0.15, 0.2) is 8.32 Å². The van der Waals surface area contributed by atoms with E-state index < -0.39 is 8.32 Å². The van der Waals surface area contributed by atoms with Gasteiger partial charge < -0.3 is 9.16 Å². The van der Waals surface area contributed by atoms with Crippen molar-refractivity contribution in [3.8, 4) is 0 Å². The summed E-state index contributed by atoms with van der Waals surface area (Å²) in [5.41, 5.74) is 0. The lowest BCUT2D eigenvalue weighted by Gasteiger charge is -2.22. The Balaban J connectivity index is 3.54. The monoisotopic (exact) mass is 272 g/mol. The minimum atomic E-state index is -1.56. The van der Waals surface area contributed by atoms with Crippen LogP contribution in [0.2, 0.25) is 19.1 Å². The molecule has 18 heavy (non-hydrogen) atoms. The number of hydrogen-bond acceptors (Lipinski definition) is 3. The molecule has 0 heterocycles. The molecule has 0 saturated heterocycles. The third-order valence-corrected chi connectivity index (χ3v) is 5.37. The van der Waals surface area contributed by atoms with E-state index in [9.17, 15) is 4.79 Å². The highest BCUT2D eigenvalue weighted by Crippen LogP contribution is 2.15. The van der Waals surface area contributed by atoms with Gasteiger partial charge >= 0.3 is 5.97 Å². The topological polar surface area (TPSA) is 35.5 Å². The molecule has 106 valence electrons. The Morgan fingerprint density at radius 3 is 2.50 bits per heavy atom. The van der Waals surface area contributed by atoms with E-state index in [-0.39, 0.29) is 5.97 Å². The van der Waals surface area contributed by atoms with Crippen LogP contribution in [0.15, 0.2) is 12.7 Å². The van der Waals surface area contributed by atoms with E-state index >= 15 is 0 Å². The van der Waals surface area contributed by atoms with Gasteiger partial charge in [-0.25, -0.2) is 4.79 Å². The van der Waals surface area contributed by atoms with E-state index in [4.69, 9.17) is 9.16 Å². The summed E-state index contributed by atoms with van der Waals surface area (Å²) >= 11 is 0. The Morgan fingerprint density at radius 2 is 1.89 bits per heavy atom. The minimum absolute atomic E-state index is 0.338. The van der Waals surface area contributed by atoms with Gasteiger partial charge in [-0.2, -0.15) is 0 Å². The van der Waals surface area contributed by atoms with Gasteiger partial charge in [-0.05, 0) is 32.0 Å². The lowest BCUT2D eigenvalue weighted by Crippen LogP contribution is -2.31. The number of hydrogen-bond donors (Lipinski definition) is 0. The first-order valence-corrected chi connectivity index (χ1v) is 10.1. The molecule has 0 N–H and O–H groups in total. The van der Waals surface area contributed by atoms with Crippen molar-refractivity contribution in [2.75, 3.05) is 13.2 Å². The number of esters is 1. The fourth-order valence-corrected chi connectivity index (χ4v) is 3.52. The largest absolute Gasteiger partial charge is 0.463 e. The predicted octanol–water partition coefficient (Wildman–Crippen LogP) is 3.91. The number of carbonyl (C=O) groups is 1. The summed E-state index contributed by atoms with van der Waals surface area (Å²) in [6.07, 6.45) is 7.06. The molecule has 0 aliphatic carbocycles. The molecule has 0 spiro atoms. The quantitative estimate of drug-likeness (QED) is 0.248. The van der Waals surface area contributed by atoms with E-state index in [1.54, 1.807) is 0 Å². The van der Waals surface area contributed by atoms with Gasteiger partial charge in [-0.3, -0.25) is 0 Å². The highest BCUT2D eigenvalue weighted by atomic mass is 28.4. The van der Waals surface area contributed by atoms with Crippen molar-refractivity contribution in [1.82, 2.24) is 0 Å². The maximum Gasteiger partial charge on any atom is 0.330 e. The van der Waals surface area contributed by atoms with E-state index in [0.717, 1.165) is 25.5 Å². The molecular formula is C14H28O3Si. The second-order valence-corrected chi connectivity index (χ2v) is 9.45. The van der Waals surface area contributed by atoms with Crippen LogP contribution in [-0.2, 0) is 14.0 Å². The molecule has 0 bridgehead atoms. The van der Waals surface area contributed by atoms with Crippen LogP contribution in [0.3, 0.4) is 0 Å². The van der Waals surface area contributed by atoms with E-state index in [2.05, 4.69) is 26.6 Å². The standard InChI is InChI=1S/C14H28O3Si/c1-5-7-8-9-12-17-18(3,4)13-10-11-16-14(15)6-2/h6H,2,5,7-13H2,1,3-4H3. The summed E-state index contributed by atoms with van der Waals surface area (Å²) in [4.78, 5) is 10.8. The molecule has 0 unspecified atom stereocenters. The smallest absolute Gasteiger partial charge is 0.330 e. The fourth-order valence-electron chi connectivity index (χ4n) is 1.68. The normalized spacial score (nSPS) is 11.3. The van der Waals surface area contributed by atoms with E-state index in [1.807, 2.05) is 0 Å². The third kappa shape index (κ3) is 10.5. The molecule has 0 amide bonds. The van der Waals surface area contributed by atoms with Crippen molar-refractivity contribution >= 4 is 14.3 Å². The molecule has 0 saturated carbocycles. The summed E-state index contributed by atoms with van der Waals surface area (Å²) < 4.78 is 10.9. The van der Waals surface area contributed by atoms with Gasteiger partial charge in [0.25, 0.3) is 0 Å². The van der Waals surface area contributed by atoms with Crippen LogP contribution in [0.1, 0.15) is 39.0 Å². The van der Waals surface area contributed by atoms with Gasteiger partial charge in [0, 0.05) is 12.7 Å². The summed E-state index contributed by atoms with van der Waals surface area (Å²) in [7, 11) is -1.56. The molecule has 0 aliphatic heterocycles. The molecule has 0 fully saturated rings. The van der Waals surface area contributed by atoms with Crippen LogP contribution in [0.25, 0.3) is 0 Å². The fraction of sp³-hybridized carbons (Fsp3) is 0.786. The Kier molecular flexibility index (Phi) is 9.97. The van der Waals surface area contributed by atoms with Crippen molar-refractivity contribution in [3.63, 3.8) is 0 Å². The highest BCUT2D eigenvalue weighted by molar-refractivity contribution is 6.71. The second kappa shape index (κ2) is 10.3. The van der Waals surface area contributed by atoms with Crippen LogP contribution in [0.4, 0.5) is 0 Å². The number of unbranched alkanes of at least 4 members (excludes halogenated alkanes) is 3. The van der Waals surface area contributed by atoms with Gasteiger partial charge in [0.05, 0.1) is 6.61 Å². The molecule has 4 heteroatoms. The number of carbonyl (C=O) groups excluding carboxylic acids is 1. The first-order chi connectivity index (χ1) is 8.52. The number of ether oxygens (including phenoxy) is 1. The maximum atomic E-state index is 10.8. The van der Waals surface area contributed by atoms with E-state index in [0.29, 0.717) is 6.61 Å². The Bertz CT molecular complexity index is 239. The van der Waals surface area contributed by atoms with Gasteiger partial charge in [-0.15, -0.1) is 0 Å². The van der Waals surface area contributed by atoms with Crippen LogP contribution in [0, 0.1) is 0 Å². The van der Waals surface area contributed by atoms with Crippen molar-refractivity contribution in [1.29, 1.82) is 0 Å². The zero-order valence-corrected chi connectivity index (χ0v) is 13.2. The lowest BCUT2D eigenvalue weighted by molar-refractivity contribution is -0.137. The average Bonchev–Trinajstić information content (AvgIpc) is 2.34. The molecule has 0 aromatic rings. The summed E-state index contributed by atoms with van der Waals surface area (Å²) in [6.45, 7) is 11.4. The second-order valence-electron chi connectivity index (χ2n) is 5.14. The van der Waals surface area contributed by atoms with Gasteiger partial charge in [0.1, 0.15) is 0 Å². The number of rotatable bonds is 11. The molecule has 3 nitrogen and oxygen atoms in total. The highest BCUT2D eigenvalue weighted by Gasteiger charge is 2.21. The van der Waals surface area contributed by atoms with Crippen LogP contribution < -0.4 is 0 Å². The van der Waals surface area contributed by atoms with Crippen LogP contribution in [-0.4, -0.2) is 27.5 Å². The zero-order valence-electron chi connectivity index (χ0n) is 12.2. The van der Waals surface area contributed by atoms with Crippen molar-refractivity contribution in [3.05, 3.63) is 12.7 Å². The predicted molar refractivity (Wildman–Crippen MR) is 78.2 cm³/mol. The van der Waals surface area contributed by atoms with Gasteiger partial charge in [0.2, 0.25) is 0 Å². The summed E-state index contributed by atoms with van der Waals surface area (Å²) in [5, 5.41) is 0. The minimum Gasteiger partial charge on any atom is -0.463 e. The SMILES string of the molecule is C=CC(=O)OCCC[Si](C)(C)OCCCCCC. The zero-order chi connectivity index (χ0) is 13.9. The Labute approximate surface area is 113 Å². The van der Waals surface area contributed by atoms with E-state index in [1.165, 1.54) is 25.3 Å². The van der Waals surface area contributed by atoms with Gasteiger partial charge in [-0.1, -0.05) is 32.8 Å². The summed E-state index contributed by atoms with van der Waals surface area (Å²) in [6, 6.07) is 1.03. The first-order valence-electron chi connectivity index (χ1n) is 6.95. The molecule has 0 atom stereocenters. The first kappa shape index (κ1) is 17.4. The molecule has 0 radical (unpaired) electrons. The summed E-state index contributed by atoms with van der Waals surface area (Å²) in [5.74, 6) is -0.338. The molecule has 0 aromatic heterocycles. The maximum absolute atomic E-state index is 10.8. The average molecular weight is 272 g/mol. The van der Waals surface area contributed by atoms with Crippen molar-refractivity contribution in [2.45, 2.75) is 58.2 Å². The Morgan fingerprint density at radius 1 is 1.17 bits per heavy atom. The molecular weight excluding hydrogens is 244 g/mol. The van der Waals surface area contributed by atoms with Crippen molar-refractivity contribution in [2.24, 2.45) is 0 Å². The van der Waals surface area contributed by atoms with Crippen molar-refractivity contribution < 1.29 is 14.0 Å². The van der Waals surface area contributed by atoms with Crippen LogP contribution in [0.5, 0.6) is 0 Å². The molecule has 0 rings (SSSR count). The van der Waals surface area contributed by atoms with Crippen LogP contribution >= 0.6 is 0 Å².